The molecule has 0 aromatic carbocycles. The van der Waals surface area contributed by atoms with Crippen LogP contribution < -0.4 is 5.73 Å². The summed E-state index contributed by atoms with van der Waals surface area (Å²) in [5.74, 6) is -2.43. The van der Waals surface area contributed by atoms with Crippen LogP contribution in [0.2, 0.25) is 0 Å². The van der Waals surface area contributed by atoms with Crippen LogP contribution in [0.1, 0.15) is 149 Å². The zero-order chi connectivity index (χ0) is 39.3. The Hall–Kier alpha value is -2.82. The van der Waals surface area contributed by atoms with Crippen molar-refractivity contribution >= 4 is 25.7 Å². The van der Waals surface area contributed by atoms with Gasteiger partial charge in [0.15, 0.2) is 6.10 Å². The van der Waals surface area contributed by atoms with Crippen molar-refractivity contribution in [2.24, 2.45) is 5.73 Å². The number of hydrogen-bond acceptors (Lipinski definition) is 9. The number of hydrogen-bond donors (Lipinski definition) is 3. The summed E-state index contributed by atoms with van der Waals surface area (Å²) < 4.78 is 32.6. The molecule has 0 saturated carbocycles. The standard InChI is InChI=1S/C41H70NO10P/c1-3-5-7-9-11-13-15-17-19-21-23-25-27-29-31-33-40(44)52-37(35-50-53(47,48)51-36-38(42)41(45)46)34-49-39(43)32-30-28-26-24-22-20-18-16-14-12-10-8-6-4-2/h5,7,10-13,16-19,37-38H,3-4,6,8-9,14-15,20-36,42H2,1-2H3,(H,45,46)(H,47,48)/b7-5+,12-10+,13-11+,18-16+,19-17+/t37-,38+/m1/s1. The molecule has 0 amide bonds. The van der Waals surface area contributed by atoms with Gasteiger partial charge in [0, 0.05) is 12.8 Å². The zero-order valence-electron chi connectivity index (χ0n) is 32.6. The number of phosphoric ester groups is 1. The van der Waals surface area contributed by atoms with Crippen molar-refractivity contribution in [3.63, 3.8) is 0 Å². The Kier molecular flexibility index (Phi) is 34.2. The molecule has 0 rings (SSSR count). The summed E-state index contributed by atoms with van der Waals surface area (Å²) in [7, 11) is -4.72. The van der Waals surface area contributed by atoms with Gasteiger partial charge in [-0.3, -0.25) is 23.4 Å². The van der Waals surface area contributed by atoms with Crippen molar-refractivity contribution in [3.05, 3.63) is 60.8 Å². The number of carboxylic acids is 1. The van der Waals surface area contributed by atoms with Gasteiger partial charge < -0.3 is 25.2 Å². The minimum atomic E-state index is -4.72. The summed E-state index contributed by atoms with van der Waals surface area (Å²) in [5.41, 5.74) is 5.32. The minimum Gasteiger partial charge on any atom is -0.480 e. The second-order valence-electron chi connectivity index (χ2n) is 13.0. The monoisotopic (exact) mass is 767 g/mol. The van der Waals surface area contributed by atoms with Crippen LogP contribution in [0.25, 0.3) is 0 Å². The van der Waals surface area contributed by atoms with Crippen LogP contribution in [0, 0.1) is 0 Å². The van der Waals surface area contributed by atoms with Gasteiger partial charge in [-0.2, -0.15) is 0 Å². The van der Waals surface area contributed by atoms with E-state index in [0.717, 1.165) is 96.3 Å². The van der Waals surface area contributed by atoms with Gasteiger partial charge in [0.2, 0.25) is 0 Å². The first-order valence-electron chi connectivity index (χ1n) is 19.8. The lowest BCUT2D eigenvalue weighted by Crippen LogP contribution is -2.34. The highest BCUT2D eigenvalue weighted by atomic mass is 31.2. The maximum Gasteiger partial charge on any atom is 0.472 e. The SMILES string of the molecule is CC/C=C/C/C=C/C/C=C/CCCCCCCC(=O)O[C@H](COC(=O)CCCCCCC/C=C/C/C=C/CCCC)COP(=O)(O)OC[C@H](N)C(=O)O. The Balaban J connectivity index is 4.48. The van der Waals surface area contributed by atoms with Crippen molar-refractivity contribution in [2.45, 2.75) is 161 Å². The number of carboxylic acid groups (broad SMARTS) is 1. The largest absolute Gasteiger partial charge is 0.480 e. The van der Waals surface area contributed by atoms with Gasteiger partial charge >= 0.3 is 25.7 Å². The first-order chi connectivity index (χ1) is 25.6. The molecule has 0 aromatic heterocycles. The van der Waals surface area contributed by atoms with Crippen molar-refractivity contribution < 1.29 is 47.5 Å². The van der Waals surface area contributed by atoms with Crippen LogP contribution >= 0.6 is 7.82 Å². The molecule has 3 atom stereocenters. The quantitative estimate of drug-likeness (QED) is 0.0240. The van der Waals surface area contributed by atoms with Gasteiger partial charge in [-0.25, -0.2) is 4.57 Å². The summed E-state index contributed by atoms with van der Waals surface area (Å²) in [4.78, 5) is 45.8. The molecule has 0 radical (unpaired) electrons. The second-order valence-corrected chi connectivity index (χ2v) is 14.5. The number of carbonyl (C=O) groups is 3. The Morgan fingerprint density at radius 3 is 1.58 bits per heavy atom. The Bertz CT molecular complexity index is 1130. The average molecular weight is 768 g/mol. The molecular formula is C41H70NO10P. The van der Waals surface area contributed by atoms with E-state index < -0.39 is 51.1 Å². The summed E-state index contributed by atoms with van der Waals surface area (Å²) in [6.07, 6.45) is 40.0. The van der Waals surface area contributed by atoms with Crippen molar-refractivity contribution in [1.82, 2.24) is 0 Å². The number of allylic oxidation sites excluding steroid dienone is 10. The number of esters is 2. The molecule has 0 bridgehead atoms. The molecule has 0 spiro atoms. The van der Waals surface area contributed by atoms with E-state index in [9.17, 15) is 23.8 Å². The van der Waals surface area contributed by atoms with Crippen LogP contribution in [0.3, 0.4) is 0 Å². The third-order valence-corrected chi connectivity index (χ3v) is 8.95. The van der Waals surface area contributed by atoms with Crippen molar-refractivity contribution in [2.75, 3.05) is 19.8 Å². The smallest absolute Gasteiger partial charge is 0.472 e. The van der Waals surface area contributed by atoms with E-state index in [1.165, 1.54) is 12.8 Å². The molecule has 0 fully saturated rings. The van der Waals surface area contributed by atoms with Gasteiger partial charge in [-0.05, 0) is 70.6 Å². The van der Waals surface area contributed by atoms with E-state index in [2.05, 4.69) is 79.1 Å². The van der Waals surface area contributed by atoms with Crippen LogP contribution in [0.15, 0.2) is 60.8 Å². The fourth-order valence-corrected chi connectivity index (χ4v) is 5.64. The summed E-state index contributed by atoms with van der Waals surface area (Å²) in [6.45, 7) is 2.59. The van der Waals surface area contributed by atoms with Gasteiger partial charge in [0.05, 0.1) is 13.2 Å². The molecule has 0 aliphatic rings. The van der Waals surface area contributed by atoms with E-state index in [1.54, 1.807) is 0 Å². The fourth-order valence-electron chi connectivity index (χ4n) is 4.86. The van der Waals surface area contributed by atoms with Crippen LogP contribution in [-0.4, -0.2) is 59.9 Å². The average Bonchev–Trinajstić information content (AvgIpc) is 3.13. The zero-order valence-corrected chi connectivity index (χ0v) is 33.5. The minimum absolute atomic E-state index is 0.136. The predicted molar refractivity (Wildman–Crippen MR) is 212 cm³/mol. The maximum atomic E-state index is 12.6. The molecule has 0 aliphatic carbocycles. The lowest BCUT2D eigenvalue weighted by Gasteiger charge is -2.20. The normalized spacial score (nSPS) is 14.5. The second kappa shape index (κ2) is 36.2. The molecule has 0 saturated heterocycles. The van der Waals surface area contributed by atoms with Gasteiger partial charge in [0.25, 0.3) is 0 Å². The molecule has 11 nitrogen and oxygen atoms in total. The lowest BCUT2D eigenvalue weighted by molar-refractivity contribution is -0.161. The molecule has 1 unspecified atom stereocenters. The number of phosphoric acid groups is 1. The summed E-state index contributed by atoms with van der Waals surface area (Å²) in [6, 6.07) is -1.53. The Morgan fingerprint density at radius 1 is 0.604 bits per heavy atom. The van der Waals surface area contributed by atoms with Gasteiger partial charge in [-0.15, -0.1) is 0 Å². The number of nitrogens with two attached hydrogens (primary N) is 1. The highest BCUT2D eigenvalue weighted by Crippen LogP contribution is 2.43. The number of ether oxygens (including phenoxy) is 2. The molecular weight excluding hydrogens is 697 g/mol. The van der Waals surface area contributed by atoms with Gasteiger partial charge in [0.1, 0.15) is 12.6 Å². The molecule has 304 valence electrons. The summed E-state index contributed by atoms with van der Waals surface area (Å²) in [5, 5.41) is 8.87. The maximum absolute atomic E-state index is 12.6. The fraction of sp³-hybridized carbons (Fsp3) is 0.683. The van der Waals surface area contributed by atoms with E-state index in [4.69, 9.17) is 24.8 Å². The van der Waals surface area contributed by atoms with E-state index in [1.807, 2.05) is 0 Å². The van der Waals surface area contributed by atoms with Crippen molar-refractivity contribution in [3.8, 4) is 0 Å². The molecule has 0 heterocycles. The summed E-state index contributed by atoms with van der Waals surface area (Å²) >= 11 is 0. The van der Waals surface area contributed by atoms with E-state index >= 15 is 0 Å². The van der Waals surface area contributed by atoms with E-state index in [-0.39, 0.29) is 19.4 Å². The highest BCUT2D eigenvalue weighted by molar-refractivity contribution is 7.47. The topological polar surface area (TPSA) is 172 Å². The Morgan fingerprint density at radius 2 is 1.06 bits per heavy atom. The molecule has 53 heavy (non-hydrogen) atoms. The Labute approximate surface area is 319 Å². The first-order valence-corrected chi connectivity index (χ1v) is 21.3. The number of carbonyl (C=O) groups excluding carboxylic acids is 2. The number of aliphatic carboxylic acids is 1. The molecule has 12 heteroatoms. The van der Waals surface area contributed by atoms with Crippen LogP contribution in [0.5, 0.6) is 0 Å². The first kappa shape index (κ1) is 50.2. The number of unbranched alkanes of at least 4 members (excludes halogenated alkanes) is 12. The molecule has 0 aromatic rings. The predicted octanol–water partition coefficient (Wildman–Crippen LogP) is 10.00. The van der Waals surface area contributed by atoms with Crippen LogP contribution in [0.4, 0.5) is 0 Å². The highest BCUT2D eigenvalue weighted by Gasteiger charge is 2.28. The van der Waals surface area contributed by atoms with Gasteiger partial charge in [-0.1, -0.05) is 126 Å². The molecule has 0 aliphatic heterocycles. The van der Waals surface area contributed by atoms with Crippen LogP contribution in [-0.2, 0) is 37.5 Å². The molecule has 4 N–H and O–H groups in total. The lowest BCUT2D eigenvalue weighted by atomic mass is 10.1. The van der Waals surface area contributed by atoms with Crippen molar-refractivity contribution in [1.29, 1.82) is 0 Å². The van der Waals surface area contributed by atoms with E-state index in [0.29, 0.717) is 12.8 Å². The number of rotatable bonds is 36. The third-order valence-electron chi connectivity index (χ3n) is 8.00. The third kappa shape index (κ3) is 36.0.